The van der Waals surface area contributed by atoms with Crippen LogP contribution in [0.2, 0.25) is 0 Å². The van der Waals surface area contributed by atoms with Crippen molar-refractivity contribution in [2.45, 2.75) is 0 Å². The third-order valence-corrected chi connectivity index (χ3v) is 3.64. The molecule has 6 nitrogen and oxygen atoms in total. The van der Waals surface area contributed by atoms with Gasteiger partial charge < -0.3 is 10.2 Å². The molecule has 1 aromatic carbocycles. The first-order valence-electron chi connectivity index (χ1n) is 3.70. The second-order valence-corrected chi connectivity index (χ2v) is 4.97. The van der Waals surface area contributed by atoms with E-state index in [9.17, 15) is 20.1 Å². The maximum atomic E-state index is 13.2. The summed E-state index contributed by atoms with van der Waals surface area (Å²) < 4.78 is 33.7. The van der Waals surface area contributed by atoms with Gasteiger partial charge in [-0.05, 0) is 12.1 Å². The highest BCUT2D eigenvalue weighted by atomic mass is 127. The normalized spacial score (nSPS) is 10.4. The monoisotopic (exact) mass is 342 g/mol. The Labute approximate surface area is 94.8 Å². The zero-order valence-electron chi connectivity index (χ0n) is 7.44. The highest BCUT2D eigenvalue weighted by molar-refractivity contribution is 14.2. The van der Waals surface area contributed by atoms with Crippen LogP contribution in [0.4, 0.5) is 4.39 Å². The van der Waals surface area contributed by atoms with Gasteiger partial charge in [-0.1, -0.05) is 0 Å². The summed E-state index contributed by atoms with van der Waals surface area (Å²) in [7, 11) is 0. The zero-order valence-corrected chi connectivity index (χ0v) is 9.60. The standard InChI is InChI=1S/C8H4FIO6/c9-5-2-3(7(11)12)1-4(8(13)14)6(5)10(15)16/h1-2H,(H,11,12)(H,13,14). The summed E-state index contributed by atoms with van der Waals surface area (Å²) in [5.41, 5.74) is -1.47. The van der Waals surface area contributed by atoms with E-state index in [-0.39, 0.29) is 0 Å². The van der Waals surface area contributed by atoms with Crippen LogP contribution >= 0.6 is 19.8 Å². The number of carbonyl (C=O) groups is 2. The molecular weight excluding hydrogens is 338 g/mol. The molecule has 8 heteroatoms. The van der Waals surface area contributed by atoms with E-state index >= 15 is 0 Å². The molecule has 0 amide bonds. The van der Waals surface area contributed by atoms with Crippen LogP contribution in [0.1, 0.15) is 20.7 Å². The van der Waals surface area contributed by atoms with Crippen LogP contribution < -0.4 is 0 Å². The fourth-order valence-electron chi connectivity index (χ4n) is 1.02. The summed E-state index contributed by atoms with van der Waals surface area (Å²) in [6.07, 6.45) is 0. The molecule has 1 rings (SSSR count). The van der Waals surface area contributed by atoms with Crippen molar-refractivity contribution < 1.29 is 30.3 Å². The SMILES string of the molecule is O=C(O)c1cc(F)c(I(=O)=O)c(C(=O)O)c1. The molecule has 0 saturated heterocycles. The average Bonchev–Trinajstić information content (AvgIpc) is 2.15. The van der Waals surface area contributed by atoms with E-state index in [1.165, 1.54) is 0 Å². The van der Waals surface area contributed by atoms with Gasteiger partial charge in [0, 0.05) is 0 Å². The fraction of sp³-hybridized carbons (Fsp3) is 0. The Bertz CT molecular complexity index is 540. The Morgan fingerprint density at radius 1 is 1.12 bits per heavy atom. The Morgan fingerprint density at radius 3 is 2.06 bits per heavy atom. The Kier molecular flexibility index (Phi) is 3.52. The van der Waals surface area contributed by atoms with Crippen molar-refractivity contribution >= 4 is 31.7 Å². The van der Waals surface area contributed by atoms with Gasteiger partial charge in [-0.2, -0.15) is 0 Å². The van der Waals surface area contributed by atoms with E-state index in [1.807, 2.05) is 0 Å². The van der Waals surface area contributed by atoms with Crippen LogP contribution in [0.5, 0.6) is 0 Å². The largest absolute Gasteiger partial charge is 0.478 e. The van der Waals surface area contributed by atoms with E-state index in [1.54, 1.807) is 0 Å². The lowest BCUT2D eigenvalue weighted by Crippen LogP contribution is -2.07. The second-order valence-electron chi connectivity index (χ2n) is 2.65. The minimum Gasteiger partial charge on any atom is -0.478 e. The van der Waals surface area contributed by atoms with Gasteiger partial charge in [0.1, 0.15) is 9.39 Å². The van der Waals surface area contributed by atoms with E-state index in [2.05, 4.69) is 0 Å². The summed E-state index contributed by atoms with van der Waals surface area (Å²) in [6, 6.07) is 1.09. The molecule has 0 heterocycles. The number of hydrogen-bond acceptors (Lipinski definition) is 4. The summed E-state index contributed by atoms with van der Waals surface area (Å²) in [5, 5.41) is 17.2. The Morgan fingerprint density at radius 2 is 1.69 bits per heavy atom. The van der Waals surface area contributed by atoms with Crippen LogP contribution in [0.15, 0.2) is 12.1 Å². The molecule has 0 unspecified atom stereocenters. The van der Waals surface area contributed by atoms with Gasteiger partial charge in [-0.3, -0.25) is 0 Å². The highest BCUT2D eigenvalue weighted by Gasteiger charge is 2.22. The Balaban J connectivity index is 3.64. The molecule has 0 aromatic heterocycles. The van der Waals surface area contributed by atoms with E-state index in [4.69, 9.17) is 10.2 Å². The molecule has 0 bridgehead atoms. The fourth-order valence-corrected chi connectivity index (χ4v) is 2.46. The molecule has 0 aliphatic heterocycles. The number of aromatic carboxylic acids is 2. The maximum absolute atomic E-state index is 13.2. The minimum absolute atomic E-state index is 0.477. The van der Waals surface area contributed by atoms with Crippen LogP contribution in [0.3, 0.4) is 0 Å². The topological polar surface area (TPSA) is 109 Å². The lowest BCUT2D eigenvalue weighted by Gasteiger charge is -2.01. The number of benzene rings is 1. The van der Waals surface area contributed by atoms with Gasteiger partial charge in [0.05, 0.1) is 11.1 Å². The minimum atomic E-state index is -4.34. The van der Waals surface area contributed by atoms with Crippen molar-refractivity contribution in [2.75, 3.05) is 0 Å². The van der Waals surface area contributed by atoms with Crippen molar-refractivity contribution in [3.05, 3.63) is 32.6 Å². The molecule has 0 saturated carbocycles. The molecule has 0 fully saturated rings. The van der Waals surface area contributed by atoms with E-state index < -0.39 is 52.2 Å². The second kappa shape index (κ2) is 4.51. The van der Waals surface area contributed by atoms with Crippen molar-refractivity contribution in [3.63, 3.8) is 0 Å². The maximum Gasteiger partial charge on any atom is 0.344 e. The Hall–Kier alpha value is -1.58. The summed E-state index contributed by atoms with van der Waals surface area (Å²) in [5.74, 6) is -4.58. The van der Waals surface area contributed by atoms with Crippen molar-refractivity contribution in [1.29, 1.82) is 0 Å². The number of carboxylic acid groups (broad SMARTS) is 2. The van der Waals surface area contributed by atoms with Gasteiger partial charge in [0.2, 0.25) is 0 Å². The van der Waals surface area contributed by atoms with E-state index in [0.29, 0.717) is 12.1 Å². The first-order valence-corrected chi connectivity index (χ1v) is 6.54. The van der Waals surface area contributed by atoms with Crippen molar-refractivity contribution in [3.8, 4) is 0 Å². The summed E-state index contributed by atoms with van der Waals surface area (Å²) in [6.45, 7) is 0. The van der Waals surface area contributed by atoms with Crippen molar-refractivity contribution in [1.82, 2.24) is 0 Å². The van der Waals surface area contributed by atoms with E-state index in [0.717, 1.165) is 0 Å². The van der Waals surface area contributed by atoms with Crippen LogP contribution in [-0.2, 0) is 6.14 Å². The third kappa shape index (κ3) is 2.32. The van der Waals surface area contributed by atoms with Crippen LogP contribution in [0.25, 0.3) is 0 Å². The third-order valence-electron chi connectivity index (χ3n) is 1.66. The average molecular weight is 342 g/mol. The molecule has 0 spiro atoms. The number of hydrogen-bond donors (Lipinski definition) is 2. The zero-order chi connectivity index (χ0) is 12.5. The van der Waals surface area contributed by atoms with Gasteiger partial charge in [-0.15, -0.1) is 0 Å². The van der Waals surface area contributed by atoms with Crippen molar-refractivity contribution in [2.24, 2.45) is 0 Å². The van der Waals surface area contributed by atoms with Gasteiger partial charge >= 0.3 is 31.7 Å². The molecule has 0 aliphatic rings. The molecule has 0 radical (unpaired) electrons. The predicted octanol–water partition coefficient (Wildman–Crippen LogP) is 1.59. The number of halogens is 2. The molecule has 1 aromatic rings. The molecule has 2 N–H and O–H groups in total. The molecule has 0 aliphatic carbocycles. The summed E-state index contributed by atoms with van der Waals surface area (Å²) in [4.78, 5) is 21.1. The number of carboxylic acids is 2. The lowest BCUT2D eigenvalue weighted by molar-refractivity contribution is 0.0695. The number of rotatable bonds is 3. The van der Waals surface area contributed by atoms with Gasteiger partial charge in [0.25, 0.3) is 0 Å². The van der Waals surface area contributed by atoms with Crippen LogP contribution in [-0.4, -0.2) is 22.2 Å². The first-order chi connectivity index (χ1) is 7.34. The van der Waals surface area contributed by atoms with Crippen LogP contribution in [0, 0.1) is 9.39 Å². The van der Waals surface area contributed by atoms with Gasteiger partial charge in [0.15, 0.2) is 0 Å². The highest BCUT2D eigenvalue weighted by Crippen LogP contribution is 2.26. The lowest BCUT2D eigenvalue weighted by atomic mass is 10.1. The molecule has 86 valence electrons. The molecule has 0 atom stereocenters. The van der Waals surface area contributed by atoms with Gasteiger partial charge in [-0.25, -0.2) is 20.1 Å². The first kappa shape index (κ1) is 12.5. The molecular formula is C8H4FIO6. The summed E-state index contributed by atoms with van der Waals surface area (Å²) >= 11 is -4.34. The molecule has 16 heavy (non-hydrogen) atoms. The quantitative estimate of drug-likeness (QED) is 0.808. The smallest absolute Gasteiger partial charge is 0.344 e. The predicted molar refractivity (Wildman–Crippen MR) is 54.4 cm³/mol.